The van der Waals surface area contributed by atoms with Crippen molar-refractivity contribution in [2.24, 2.45) is 0 Å². The van der Waals surface area contributed by atoms with Gasteiger partial charge < -0.3 is 14.5 Å². The van der Waals surface area contributed by atoms with Crippen LogP contribution in [0.4, 0.5) is 10.6 Å². The summed E-state index contributed by atoms with van der Waals surface area (Å²) in [6.45, 7) is 6.87. The van der Waals surface area contributed by atoms with Crippen molar-refractivity contribution in [3.63, 3.8) is 0 Å². The van der Waals surface area contributed by atoms with Gasteiger partial charge in [-0.3, -0.25) is 0 Å². The molecule has 0 aromatic carbocycles. The number of anilines is 1. The van der Waals surface area contributed by atoms with Gasteiger partial charge in [0.25, 0.3) is 0 Å². The lowest BCUT2D eigenvalue weighted by Gasteiger charge is -2.41. The molecule has 2 aromatic rings. The number of amides is 1. The molecule has 1 aliphatic rings. The van der Waals surface area contributed by atoms with Gasteiger partial charge >= 0.3 is 6.09 Å². The number of carbonyl (C=O) groups is 1. The Morgan fingerprint density at radius 1 is 1.32 bits per heavy atom. The van der Waals surface area contributed by atoms with Crippen LogP contribution in [-0.4, -0.2) is 57.7 Å². The van der Waals surface area contributed by atoms with Gasteiger partial charge in [0.2, 0.25) is 0 Å². The van der Waals surface area contributed by atoms with Crippen molar-refractivity contribution >= 4 is 46.3 Å². The molecule has 0 N–H and O–H groups in total. The summed E-state index contributed by atoms with van der Waals surface area (Å²) in [4.78, 5) is 28.5. The molecule has 0 unspecified atom stereocenters. The molecule has 0 radical (unpaired) electrons. The number of fused-ring (bicyclic) bond motifs is 1. The lowest BCUT2D eigenvalue weighted by Crippen LogP contribution is -2.55. The van der Waals surface area contributed by atoms with E-state index in [0.717, 1.165) is 0 Å². The topological polar surface area (TPSA) is 71.5 Å². The van der Waals surface area contributed by atoms with Crippen molar-refractivity contribution in [3.05, 3.63) is 22.4 Å². The molecule has 1 fully saturated rings. The van der Waals surface area contributed by atoms with E-state index in [1.165, 1.54) is 6.20 Å². The van der Waals surface area contributed by atoms with Crippen LogP contribution in [0.2, 0.25) is 10.2 Å². The van der Waals surface area contributed by atoms with Crippen molar-refractivity contribution in [1.82, 2.24) is 19.9 Å². The summed E-state index contributed by atoms with van der Waals surface area (Å²) < 4.78 is 5.49. The predicted octanol–water partition coefficient (Wildman–Crippen LogP) is 3.39. The molecule has 134 valence electrons. The minimum atomic E-state index is -0.343. The summed E-state index contributed by atoms with van der Waals surface area (Å²) >= 11 is 12.1. The normalized spacial score (nSPS) is 15.2. The maximum atomic E-state index is 12.1. The highest BCUT2D eigenvalue weighted by atomic mass is 35.5. The number of aromatic nitrogens is 3. The van der Waals surface area contributed by atoms with Crippen LogP contribution in [0, 0.1) is 0 Å². The quantitative estimate of drug-likeness (QED) is 0.791. The first kappa shape index (κ1) is 17.9. The second kappa shape index (κ2) is 6.46. The number of halogens is 2. The minimum absolute atomic E-state index is 0.205. The summed E-state index contributed by atoms with van der Waals surface area (Å²) in [7, 11) is 1.72. The van der Waals surface area contributed by atoms with E-state index in [9.17, 15) is 4.79 Å². The van der Waals surface area contributed by atoms with Gasteiger partial charge in [0.1, 0.15) is 11.6 Å². The molecule has 1 saturated heterocycles. The Balaban J connectivity index is 1.67. The summed E-state index contributed by atoms with van der Waals surface area (Å²) in [5.41, 5.74) is 0.717. The van der Waals surface area contributed by atoms with Crippen molar-refractivity contribution in [2.75, 3.05) is 25.0 Å². The predicted molar refractivity (Wildman–Crippen MR) is 97.4 cm³/mol. The molecule has 0 aliphatic carbocycles. The SMILES string of the molecule is CN(C(=O)OC1CN(c2nc3ncc(Cl)cc3nc2Cl)C1)C(C)(C)C. The van der Waals surface area contributed by atoms with Crippen LogP contribution in [0.3, 0.4) is 0 Å². The second-order valence-corrected chi connectivity index (χ2v) is 7.77. The summed E-state index contributed by atoms with van der Waals surface area (Å²) in [5, 5.41) is 0.748. The van der Waals surface area contributed by atoms with Crippen LogP contribution in [0.5, 0.6) is 0 Å². The van der Waals surface area contributed by atoms with E-state index in [1.54, 1.807) is 18.0 Å². The number of hydrogen-bond acceptors (Lipinski definition) is 6. The first-order valence-electron chi connectivity index (χ1n) is 7.83. The fourth-order valence-electron chi connectivity index (χ4n) is 2.27. The van der Waals surface area contributed by atoms with E-state index < -0.39 is 0 Å². The number of carbonyl (C=O) groups excluding carboxylic acids is 1. The summed E-state index contributed by atoms with van der Waals surface area (Å²) in [6.07, 6.45) is 0.965. The van der Waals surface area contributed by atoms with Crippen LogP contribution in [0.1, 0.15) is 20.8 Å². The fourth-order valence-corrected chi connectivity index (χ4v) is 2.68. The number of nitrogens with zero attached hydrogens (tertiary/aromatic N) is 5. The lowest BCUT2D eigenvalue weighted by molar-refractivity contribution is 0.0365. The van der Waals surface area contributed by atoms with Gasteiger partial charge in [-0.15, -0.1) is 0 Å². The maximum Gasteiger partial charge on any atom is 0.410 e. The van der Waals surface area contributed by atoms with E-state index in [0.29, 0.717) is 35.1 Å². The largest absolute Gasteiger partial charge is 0.442 e. The Labute approximate surface area is 155 Å². The van der Waals surface area contributed by atoms with Gasteiger partial charge in [0, 0.05) is 18.8 Å². The Morgan fingerprint density at radius 3 is 2.64 bits per heavy atom. The molecular weight excluding hydrogens is 365 g/mol. The molecule has 25 heavy (non-hydrogen) atoms. The molecule has 0 spiro atoms. The standard InChI is InChI=1S/C16H19Cl2N5O2/c1-16(2,3)22(4)15(24)25-10-7-23(8-10)14-12(18)20-11-5-9(17)6-19-13(11)21-14/h5-6,10H,7-8H2,1-4H3. The van der Waals surface area contributed by atoms with Crippen LogP contribution >= 0.6 is 23.2 Å². The van der Waals surface area contributed by atoms with Crippen LogP contribution in [0.15, 0.2) is 12.3 Å². The van der Waals surface area contributed by atoms with Gasteiger partial charge in [-0.2, -0.15) is 0 Å². The maximum absolute atomic E-state index is 12.1. The van der Waals surface area contributed by atoms with Gasteiger partial charge in [0.05, 0.1) is 18.1 Å². The average Bonchev–Trinajstić information content (AvgIpc) is 2.48. The molecule has 0 bridgehead atoms. The number of hydrogen-bond donors (Lipinski definition) is 0. The third kappa shape index (κ3) is 3.72. The zero-order valence-corrected chi connectivity index (χ0v) is 16.0. The molecule has 2 aromatic heterocycles. The molecular formula is C16H19Cl2N5O2. The van der Waals surface area contributed by atoms with Crippen molar-refractivity contribution in [1.29, 1.82) is 0 Å². The molecule has 1 aliphatic heterocycles. The highest BCUT2D eigenvalue weighted by Crippen LogP contribution is 2.29. The molecule has 3 rings (SSSR count). The Bertz CT molecular complexity index is 818. The Hall–Kier alpha value is -1.86. The van der Waals surface area contributed by atoms with E-state index >= 15 is 0 Å². The van der Waals surface area contributed by atoms with E-state index in [4.69, 9.17) is 27.9 Å². The highest BCUT2D eigenvalue weighted by molar-refractivity contribution is 6.32. The van der Waals surface area contributed by atoms with Gasteiger partial charge in [0.15, 0.2) is 16.6 Å². The van der Waals surface area contributed by atoms with Gasteiger partial charge in [-0.1, -0.05) is 23.2 Å². The number of pyridine rings is 1. The molecule has 9 heteroatoms. The molecule has 7 nitrogen and oxygen atoms in total. The van der Waals surface area contributed by atoms with Gasteiger partial charge in [-0.05, 0) is 26.8 Å². The van der Waals surface area contributed by atoms with E-state index in [-0.39, 0.29) is 22.9 Å². The smallest absolute Gasteiger partial charge is 0.410 e. The Kier molecular flexibility index (Phi) is 4.64. The van der Waals surface area contributed by atoms with Gasteiger partial charge in [-0.25, -0.2) is 19.7 Å². The zero-order valence-electron chi connectivity index (χ0n) is 14.5. The number of rotatable bonds is 2. The highest BCUT2D eigenvalue weighted by Gasteiger charge is 2.35. The lowest BCUT2D eigenvalue weighted by atomic mass is 10.1. The summed E-state index contributed by atoms with van der Waals surface area (Å²) in [5.74, 6) is 0.528. The third-order valence-corrected chi connectivity index (χ3v) is 4.58. The average molecular weight is 384 g/mol. The minimum Gasteiger partial charge on any atom is -0.442 e. The second-order valence-electron chi connectivity index (χ2n) is 6.97. The summed E-state index contributed by atoms with van der Waals surface area (Å²) in [6, 6.07) is 1.66. The fraction of sp³-hybridized carbons (Fsp3) is 0.500. The number of ether oxygens (including phenoxy) is 1. The van der Waals surface area contributed by atoms with Crippen molar-refractivity contribution in [2.45, 2.75) is 32.4 Å². The Morgan fingerprint density at radius 2 is 2.00 bits per heavy atom. The first-order chi connectivity index (χ1) is 11.6. The van der Waals surface area contributed by atoms with Crippen molar-refractivity contribution < 1.29 is 9.53 Å². The molecule has 0 atom stereocenters. The van der Waals surface area contributed by atoms with Crippen LogP contribution in [0.25, 0.3) is 11.2 Å². The molecule has 0 saturated carbocycles. The van der Waals surface area contributed by atoms with Crippen LogP contribution < -0.4 is 4.90 Å². The third-order valence-electron chi connectivity index (χ3n) is 4.12. The zero-order chi connectivity index (χ0) is 18.4. The van der Waals surface area contributed by atoms with E-state index in [2.05, 4.69) is 15.0 Å². The molecule has 1 amide bonds. The molecule has 3 heterocycles. The van der Waals surface area contributed by atoms with Crippen LogP contribution in [-0.2, 0) is 4.74 Å². The van der Waals surface area contributed by atoms with Crippen molar-refractivity contribution in [3.8, 4) is 0 Å². The van der Waals surface area contributed by atoms with E-state index in [1.807, 2.05) is 25.7 Å². The first-order valence-corrected chi connectivity index (χ1v) is 8.59. The monoisotopic (exact) mass is 383 g/mol.